The minimum Gasteiger partial charge on any atom is -0.316 e. The lowest BCUT2D eigenvalue weighted by Crippen LogP contribution is -2.41. The highest BCUT2D eigenvalue weighted by Gasteiger charge is 2.22. The van der Waals surface area contributed by atoms with Gasteiger partial charge in [-0.05, 0) is 35.9 Å². The van der Waals surface area contributed by atoms with Crippen molar-refractivity contribution in [1.82, 2.24) is 10.2 Å². The van der Waals surface area contributed by atoms with E-state index in [1.807, 2.05) is 0 Å². The molecule has 1 aromatic carbocycles. The smallest absolute Gasteiger partial charge is 0.00451 e. The molecule has 2 rings (SSSR count). The van der Waals surface area contributed by atoms with Gasteiger partial charge in [0, 0.05) is 26.2 Å². The molecule has 1 aromatic rings. The van der Waals surface area contributed by atoms with Gasteiger partial charge in [-0.3, -0.25) is 0 Å². The molecule has 19 heavy (non-hydrogen) atoms. The van der Waals surface area contributed by atoms with Gasteiger partial charge in [-0.25, -0.2) is 0 Å². The maximum absolute atomic E-state index is 3.48. The summed E-state index contributed by atoms with van der Waals surface area (Å²) in [6, 6.07) is 8.93. The molecule has 0 aromatic heterocycles. The number of benzene rings is 1. The third-order valence-corrected chi connectivity index (χ3v) is 4.02. The van der Waals surface area contributed by atoms with Crippen LogP contribution in [0.25, 0.3) is 0 Å². The van der Waals surface area contributed by atoms with E-state index in [1.165, 1.54) is 32.5 Å². The molecule has 1 aliphatic rings. The zero-order valence-corrected chi connectivity index (χ0v) is 12.7. The molecule has 0 saturated heterocycles. The minimum atomic E-state index is 0.354. The van der Waals surface area contributed by atoms with Crippen LogP contribution >= 0.6 is 0 Å². The predicted molar refractivity (Wildman–Crippen MR) is 82.6 cm³/mol. The molecule has 0 fully saturated rings. The molecule has 0 spiro atoms. The summed E-state index contributed by atoms with van der Waals surface area (Å²) >= 11 is 0. The second kappa shape index (κ2) is 6.53. The summed E-state index contributed by atoms with van der Waals surface area (Å²) in [5.74, 6) is 0. The Morgan fingerprint density at radius 2 is 1.68 bits per heavy atom. The lowest BCUT2D eigenvalue weighted by atomic mass is 9.92. The zero-order chi connectivity index (χ0) is 13.7. The number of fused-ring (bicyclic) bond motifs is 1. The average molecular weight is 260 g/mol. The molecule has 1 heterocycles. The summed E-state index contributed by atoms with van der Waals surface area (Å²) < 4.78 is 0. The Hall–Kier alpha value is -0.860. The van der Waals surface area contributed by atoms with Crippen LogP contribution in [0.5, 0.6) is 0 Å². The van der Waals surface area contributed by atoms with Crippen molar-refractivity contribution >= 4 is 0 Å². The second-order valence-corrected chi connectivity index (χ2v) is 6.49. The Bertz CT molecular complexity index is 371. The van der Waals surface area contributed by atoms with Crippen LogP contribution in [0.1, 0.15) is 31.9 Å². The predicted octanol–water partition coefficient (Wildman–Crippen LogP) is 2.72. The van der Waals surface area contributed by atoms with E-state index in [0.717, 1.165) is 13.1 Å². The molecule has 2 nitrogen and oxygen atoms in total. The fraction of sp³-hybridized carbons (Fsp3) is 0.647. The van der Waals surface area contributed by atoms with E-state index in [0.29, 0.717) is 5.41 Å². The van der Waals surface area contributed by atoms with Crippen molar-refractivity contribution in [3.8, 4) is 0 Å². The highest BCUT2D eigenvalue weighted by molar-refractivity contribution is 5.28. The van der Waals surface area contributed by atoms with E-state index >= 15 is 0 Å². The molecular weight excluding hydrogens is 232 g/mol. The zero-order valence-electron chi connectivity index (χ0n) is 12.7. The van der Waals surface area contributed by atoms with Crippen molar-refractivity contribution in [3.05, 3.63) is 35.4 Å². The second-order valence-electron chi connectivity index (χ2n) is 6.49. The molecule has 0 atom stereocenters. The first-order valence-electron chi connectivity index (χ1n) is 7.60. The highest BCUT2D eigenvalue weighted by atomic mass is 15.1. The SMILES string of the molecule is CCNCC(C)(C)CN1CCc2ccccc2CC1. The van der Waals surface area contributed by atoms with Crippen molar-refractivity contribution in [2.24, 2.45) is 5.41 Å². The summed E-state index contributed by atoms with van der Waals surface area (Å²) in [6.07, 6.45) is 2.40. The molecule has 1 aliphatic heterocycles. The van der Waals surface area contributed by atoms with Crippen LogP contribution in [0.4, 0.5) is 0 Å². The molecule has 0 bridgehead atoms. The van der Waals surface area contributed by atoms with E-state index in [9.17, 15) is 0 Å². The van der Waals surface area contributed by atoms with Gasteiger partial charge in [0.05, 0.1) is 0 Å². The van der Waals surface area contributed by atoms with Crippen molar-refractivity contribution in [3.63, 3.8) is 0 Å². The van der Waals surface area contributed by atoms with Gasteiger partial charge in [-0.15, -0.1) is 0 Å². The molecule has 2 heteroatoms. The number of hydrogen-bond donors (Lipinski definition) is 1. The third kappa shape index (κ3) is 4.32. The summed E-state index contributed by atoms with van der Waals surface area (Å²) in [5.41, 5.74) is 3.45. The van der Waals surface area contributed by atoms with E-state index in [-0.39, 0.29) is 0 Å². The Labute approximate surface area is 118 Å². The summed E-state index contributed by atoms with van der Waals surface area (Å²) in [5, 5.41) is 3.48. The Kier molecular flexibility index (Phi) is 5.00. The van der Waals surface area contributed by atoms with Gasteiger partial charge in [-0.1, -0.05) is 45.0 Å². The van der Waals surface area contributed by atoms with E-state index < -0.39 is 0 Å². The summed E-state index contributed by atoms with van der Waals surface area (Å²) in [4.78, 5) is 2.64. The highest BCUT2D eigenvalue weighted by Crippen LogP contribution is 2.20. The monoisotopic (exact) mass is 260 g/mol. The maximum atomic E-state index is 3.48. The standard InChI is InChI=1S/C17H28N2/c1-4-18-13-17(2,3)14-19-11-9-15-7-5-6-8-16(15)10-12-19/h5-8,18H,4,9-14H2,1-3H3. The molecular formula is C17H28N2. The lowest BCUT2D eigenvalue weighted by Gasteiger charge is -2.32. The van der Waals surface area contributed by atoms with Gasteiger partial charge in [0.1, 0.15) is 0 Å². The van der Waals surface area contributed by atoms with Crippen LogP contribution in [0.15, 0.2) is 24.3 Å². The van der Waals surface area contributed by atoms with Crippen molar-refractivity contribution in [1.29, 1.82) is 0 Å². The van der Waals surface area contributed by atoms with Gasteiger partial charge in [0.25, 0.3) is 0 Å². The number of hydrogen-bond acceptors (Lipinski definition) is 2. The molecule has 1 N–H and O–H groups in total. The quantitative estimate of drug-likeness (QED) is 0.876. The van der Waals surface area contributed by atoms with Crippen LogP contribution in [0.2, 0.25) is 0 Å². The van der Waals surface area contributed by atoms with Crippen LogP contribution < -0.4 is 5.32 Å². The third-order valence-electron chi connectivity index (χ3n) is 4.02. The van der Waals surface area contributed by atoms with Gasteiger partial charge < -0.3 is 10.2 Å². The first-order valence-corrected chi connectivity index (χ1v) is 7.60. The summed E-state index contributed by atoms with van der Waals surface area (Å²) in [7, 11) is 0. The first kappa shape index (κ1) is 14.5. The van der Waals surface area contributed by atoms with E-state index in [2.05, 4.69) is 55.3 Å². The van der Waals surface area contributed by atoms with E-state index in [1.54, 1.807) is 11.1 Å². The van der Waals surface area contributed by atoms with Crippen molar-refractivity contribution < 1.29 is 0 Å². The minimum absolute atomic E-state index is 0.354. The number of rotatable bonds is 5. The maximum Gasteiger partial charge on any atom is 0.00451 e. The largest absolute Gasteiger partial charge is 0.316 e. The lowest BCUT2D eigenvalue weighted by molar-refractivity contribution is 0.181. The first-order chi connectivity index (χ1) is 9.11. The van der Waals surface area contributed by atoms with Gasteiger partial charge >= 0.3 is 0 Å². The Morgan fingerprint density at radius 1 is 1.11 bits per heavy atom. The number of nitrogens with one attached hydrogen (secondary N) is 1. The van der Waals surface area contributed by atoms with Gasteiger partial charge in [-0.2, -0.15) is 0 Å². The van der Waals surface area contributed by atoms with Crippen LogP contribution in [-0.2, 0) is 12.8 Å². The molecule has 0 radical (unpaired) electrons. The van der Waals surface area contributed by atoms with Crippen molar-refractivity contribution in [2.45, 2.75) is 33.6 Å². The molecule has 106 valence electrons. The average Bonchev–Trinajstić information content (AvgIpc) is 2.59. The fourth-order valence-electron chi connectivity index (χ4n) is 3.00. The van der Waals surface area contributed by atoms with Crippen LogP contribution in [-0.4, -0.2) is 37.6 Å². The van der Waals surface area contributed by atoms with E-state index in [4.69, 9.17) is 0 Å². The van der Waals surface area contributed by atoms with Crippen LogP contribution in [0.3, 0.4) is 0 Å². The van der Waals surface area contributed by atoms with Gasteiger partial charge in [0.15, 0.2) is 0 Å². The Balaban J connectivity index is 1.91. The Morgan fingerprint density at radius 3 is 2.21 bits per heavy atom. The molecule has 0 amide bonds. The molecule has 0 unspecified atom stereocenters. The fourth-order valence-corrected chi connectivity index (χ4v) is 3.00. The van der Waals surface area contributed by atoms with Crippen LogP contribution in [0, 0.1) is 5.41 Å². The number of nitrogens with zero attached hydrogens (tertiary/aromatic N) is 1. The molecule has 0 saturated carbocycles. The van der Waals surface area contributed by atoms with Crippen molar-refractivity contribution in [2.75, 3.05) is 32.7 Å². The normalized spacial score (nSPS) is 17.0. The van der Waals surface area contributed by atoms with Gasteiger partial charge in [0.2, 0.25) is 0 Å². The summed E-state index contributed by atoms with van der Waals surface area (Å²) in [6.45, 7) is 12.7. The topological polar surface area (TPSA) is 15.3 Å². The molecule has 0 aliphatic carbocycles.